The smallest absolute Gasteiger partial charge is 0.334 e. The van der Waals surface area contributed by atoms with Crippen LogP contribution >= 0.6 is 0 Å². The Hall–Kier alpha value is -1.36. The van der Waals surface area contributed by atoms with E-state index in [1.807, 2.05) is 0 Å². The van der Waals surface area contributed by atoms with E-state index in [9.17, 15) is 9.59 Å². The predicted octanol–water partition coefficient (Wildman–Crippen LogP) is 1.51. The number of aliphatic hydroxyl groups excluding tert-OH is 1. The third-order valence-corrected chi connectivity index (χ3v) is 0.880. The molecule has 0 heterocycles. The van der Waals surface area contributed by atoms with Crippen LogP contribution in [0.4, 0.5) is 0 Å². The first-order valence-electron chi connectivity index (χ1n) is 3.23. The third kappa shape index (κ3) is 15.4. The number of carbonyl (C=O) groups excluding carboxylic acids is 2. The molecule has 5 heteroatoms. The lowest BCUT2D eigenvalue weighted by Gasteiger charge is -2.02. The molecule has 0 spiro atoms. The van der Waals surface area contributed by atoms with Crippen LogP contribution in [0, 0.1) is 0 Å². The number of hydrogen-bond donors (Lipinski definition) is 1. The summed E-state index contributed by atoms with van der Waals surface area (Å²) in [5.74, 6) is -1.36. The van der Waals surface area contributed by atoms with Gasteiger partial charge in [-0.2, -0.15) is 0 Å². The molecule has 1 N–H and O–H groups in total. The van der Waals surface area contributed by atoms with Crippen LogP contribution in [-0.4, -0.2) is 30.4 Å². The Balaban J connectivity index is -0.000000202. The predicted molar refractivity (Wildman–Crippen MR) is 59.1 cm³/mol. The van der Waals surface area contributed by atoms with Crippen molar-refractivity contribution < 1.29 is 24.2 Å². The molecule has 15 heavy (non-hydrogen) atoms. The van der Waals surface area contributed by atoms with Gasteiger partial charge in [-0.25, -0.2) is 4.79 Å². The molecule has 0 aromatic rings. The molecular weight excluding hydrogens is 200 g/mol. The van der Waals surface area contributed by atoms with Crippen molar-refractivity contribution in [3.8, 4) is 0 Å². The van der Waals surface area contributed by atoms with E-state index in [1.165, 1.54) is 6.08 Å². The van der Waals surface area contributed by atoms with Gasteiger partial charge in [0, 0.05) is 0 Å². The summed E-state index contributed by atoms with van der Waals surface area (Å²) in [6, 6.07) is 0. The molecule has 0 aliphatic carbocycles. The van der Waals surface area contributed by atoms with Crippen molar-refractivity contribution in [2.75, 3.05) is 13.4 Å². The Bertz CT molecular complexity index is 177. The molecule has 0 saturated carbocycles. The van der Waals surface area contributed by atoms with E-state index in [-0.39, 0.29) is 28.7 Å². The molecule has 0 amide bonds. The standard InChI is InChI=1S/C7H10O5.3CH4/c1-2-3-6(9)11-5-12-7(10)4-8;;;/h2,8H,1,3-5H2;3*1H4. The van der Waals surface area contributed by atoms with E-state index in [0.29, 0.717) is 0 Å². The van der Waals surface area contributed by atoms with Gasteiger partial charge in [0.05, 0.1) is 6.42 Å². The van der Waals surface area contributed by atoms with Gasteiger partial charge in [-0.3, -0.25) is 4.79 Å². The van der Waals surface area contributed by atoms with Crippen LogP contribution in [-0.2, 0) is 19.1 Å². The van der Waals surface area contributed by atoms with Crippen LogP contribution in [0.2, 0.25) is 0 Å². The summed E-state index contributed by atoms with van der Waals surface area (Å²) in [6.07, 6.45) is 1.44. The Morgan fingerprint density at radius 1 is 1.13 bits per heavy atom. The summed E-state index contributed by atoms with van der Waals surface area (Å²) in [4.78, 5) is 20.8. The van der Waals surface area contributed by atoms with Crippen LogP contribution in [0.25, 0.3) is 0 Å². The zero-order valence-corrected chi connectivity index (χ0v) is 6.49. The van der Waals surface area contributed by atoms with Gasteiger partial charge in [-0.1, -0.05) is 28.4 Å². The number of hydrogen-bond acceptors (Lipinski definition) is 5. The molecule has 0 aliphatic rings. The zero-order valence-electron chi connectivity index (χ0n) is 6.49. The molecule has 92 valence electrons. The van der Waals surface area contributed by atoms with Crippen molar-refractivity contribution in [1.82, 2.24) is 0 Å². The third-order valence-electron chi connectivity index (χ3n) is 0.880. The molecule has 0 saturated heterocycles. The van der Waals surface area contributed by atoms with Crippen LogP contribution in [0.5, 0.6) is 0 Å². The quantitative estimate of drug-likeness (QED) is 0.433. The average molecular weight is 222 g/mol. The van der Waals surface area contributed by atoms with Gasteiger partial charge in [0.1, 0.15) is 6.61 Å². The van der Waals surface area contributed by atoms with Crippen molar-refractivity contribution in [2.45, 2.75) is 28.7 Å². The minimum atomic E-state index is -0.832. The van der Waals surface area contributed by atoms with Crippen LogP contribution < -0.4 is 0 Å². The fourth-order valence-electron chi connectivity index (χ4n) is 0.383. The van der Waals surface area contributed by atoms with Crippen LogP contribution in [0.1, 0.15) is 28.7 Å². The second-order valence-corrected chi connectivity index (χ2v) is 1.80. The molecule has 0 aromatic heterocycles. The van der Waals surface area contributed by atoms with Crippen molar-refractivity contribution >= 4 is 11.9 Å². The molecule has 0 aromatic carbocycles. The van der Waals surface area contributed by atoms with Crippen molar-refractivity contribution in [3.05, 3.63) is 12.7 Å². The van der Waals surface area contributed by atoms with Crippen LogP contribution in [0.15, 0.2) is 12.7 Å². The lowest BCUT2D eigenvalue weighted by molar-refractivity contribution is -0.168. The molecule has 0 bridgehead atoms. The average Bonchev–Trinajstić information content (AvgIpc) is 2.04. The second kappa shape index (κ2) is 15.1. The SMILES string of the molecule is C.C.C.C=CCC(=O)OCOC(=O)CO. The molecular formula is C10H22O5. The Morgan fingerprint density at radius 3 is 2.00 bits per heavy atom. The monoisotopic (exact) mass is 222 g/mol. The van der Waals surface area contributed by atoms with Crippen molar-refractivity contribution in [3.63, 3.8) is 0 Å². The largest absolute Gasteiger partial charge is 0.428 e. The van der Waals surface area contributed by atoms with E-state index >= 15 is 0 Å². The maximum atomic E-state index is 10.6. The first kappa shape index (κ1) is 23.5. The Morgan fingerprint density at radius 2 is 1.60 bits per heavy atom. The first-order valence-corrected chi connectivity index (χ1v) is 3.23. The summed E-state index contributed by atoms with van der Waals surface area (Å²) in [5.41, 5.74) is 0. The molecule has 0 atom stereocenters. The second-order valence-electron chi connectivity index (χ2n) is 1.80. The Labute approximate surface area is 91.7 Å². The summed E-state index contributed by atoms with van der Waals surface area (Å²) >= 11 is 0. The fraction of sp³-hybridized carbons (Fsp3) is 0.600. The highest BCUT2D eigenvalue weighted by molar-refractivity contribution is 5.72. The molecule has 5 nitrogen and oxygen atoms in total. The number of esters is 2. The van der Waals surface area contributed by atoms with E-state index in [1.54, 1.807) is 0 Å². The maximum absolute atomic E-state index is 10.6. The first-order chi connectivity index (χ1) is 5.70. The van der Waals surface area contributed by atoms with Gasteiger partial charge in [-0.05, 0) is 0 Å². The van der Waals surface area contributed by atoms with E-state index in [0.717, 1.165) is 0 Å². The van der Waals surface area contributed by atoms with Crippen molar-refractivity contribution in [2.24, 2.45) is 0 Å². The van der Waals surface area contributed by atoms with E-state index < -0.39 is 25.3 Å². The number of aliphatic hydroxyl groups is 1. The topological polar surface area (TPSA) is 72.8 Å². The van der Waals surface area contributed by atoms with Gasteiger partial charge in [0.25, 0.3) is 0 Å². The summed E-state index contributed by atoms with van der Waals surface area (Å²) < 4.78 is 8.63. The van der Waals surface area contributed by atoms with Crippen LogP contribution in [0.3, 0.4) is 0 Å². The highest BCUT2D eigenvalue weighted by Crippen LogP contribution is 1.87. The molecule has 0 fully saturated rings. The molecule has 0 radical (unpaired) electrons. The van der Waals surface area contributed by atoms with Crippen molar-refractivity contribution in [1.29, 1.82) is 0 Å². The van der Waals surface area contributed by atoms with Gasteiger partial charge in [0.2, 0.25) is 6.79 Å². The number of carbonyl (C=O) groups is 2. The summed E-state index contributed by atoms with van der Waals surface area (Å²) in [7, 11) is 0. The normalized spacial score (nSPS) is 7.00. The number of rotatable bonds is 5. The molecule has 0 unspecified atom stereocenters. The minimum Gasteiger partial charge on any atom is -0.428 e. The summed E-state index contributed by atoms with van der Waals surface area (Å²) in [5, 5.41) is 8.17. The van der Waals surface area contributed by atoms with Gasteiger partial charge in [-0.15, -0.1) is 6.58 Å². The lowest BCUT2D eigenvalue weighted by Crippen LogP contribution is -2.14. The zero-order chi connectivity index (χ0) is 9.40. The fourth-order valence-corrected chi connectivity index (χ4v) is 0.383. The summed E-state index contributed by atoms with van der Waals surface area (Å²) in [6.45, 7) is 2.12. The Kier molecular flexibility index (Phi) is 23.7. The van der Waals surface area contributed by atoms with E-state index in [2.05, 4.69) is 16.1 Å². The molecule has 0 rings (SSSR count). The van der Waals surface area contributed by atoms with Gasteiger partial charge >= 0.3 is 11.9 Å². The minimum absolute atomic E-state index is 0. The maximum Gasteiger partial charge on any atom is 0.334 e. The molecule has 0 aliphatic heterocycles. The van der Waals surface area contributed by atoms with E-state index in [4.69, 9.17) is 5.11 Å². The highest BCUT2D eigenvalue weighted by atomic mass is 16.7. The lowest BCUT2D eigenvalue weighted by atomic mass is 10.4. The van der Waals surface area contributed by atoms with Gasteiger partial charge < -0.3 is 14.6 Å². The highest BCUT2D eigenvalue weighted by Gasteiger charge is 2.02. The number of ether oxygens (including phenoxy) is 2. The van der Waals surface area contributed by atoms with Gasteiger partial charge in [0.15, 0.2) is 0 Å².